The highest BCUT2D eigenvalue weighted by Gasteiger charge is 2.03. The first-order valence-corrected chi connectivity index (χ1v) is 6.49. The van der Waals surface area contributed by atoms with E-state index in [4.69, 9.17) is 4.74 Å². The van der Waals surface area contributed by atoms with Crippen LogP contribution in [0.1, 0.15) is 18.5 Å². The molecule has 0 radical (unpaired) electrons. The molecular weight excluding hydrogens is 254 g/mol. The Kier molecular flexibility index (Phi) is 5.06. The molecule has 0 fully saturated rings. The van der Waals surface area contributed by atoms with Gasteiger partial charge in [0.15, 0.2) is 0 Å². The maximum absolute atomic E-state index is 11.7. The molecule has 0 aromatic carbocycles. The fourth-order valence-electron chi connectivity index (χ4n) is 1.70. The smallest absolute Gasteiger partial charge is 0.224 e. The van der Waals surface area contributed by atoms with Crippen LogP contribution in [0.5, 0.6) is 5.75 Å². The van der Waals surface area contributed by atoms with Crippen molar-refractivity contribution in [2.45, 2.75) is 19.8 Å². The molecule has 0 unspecified atom stereocenters. The highest BCUT2D eigenvalue weighted by Crippen LogP contribution is 2.09. The van der Waals surface area contributed by atoms with Gasteiger partial charge in [-0.25, -0.2) is 0 Å². The average Bonchev–Trinajstić information content (AvgIpc) is 2.45. The number of aryl methyl sites for hydroxylation is 1. The SMILES string of the molecule is Cc1cc(NC(=O)CCCOc2cccnc2)ccn1. The minimum absolute atomic E-state index is 0.0228. The third-order valence-electron chi connectivity index (χ3n) is 2.63. The second-order valence-electron chi connectivity index (χ2n) is 4.37. The number of rotatable bonds is 6. The van der Waals surface area contributed by atoms with Crippen molar-refractivity contribution in [2.75, 3.05) is 11.9 Å². The van der Waals surface area contributed by atoms with Gasteiger partial charge in [-0.05, 0) is 37.6 Å². The number of pyridine rings is 2. The normalized spacial score (nSPS) is 10.1. The van der Waals surface area contributed by atoms with Gasteiger partial charge >= 0.3 is 0 Å². The summed E-state index contributed by atoms with van der Waals surface area (Å²) in [5.74, 6) is 0.697. The molecule has 2 rings (SSSR count). The van der Waals surface area contributed by atoms with E-state index in [1.807, 2.05) is 25.1 Å². The summed E-state index contributed by atoms with van der Waals surface area (Å²) in [5.41, 5.74) is 1.65. The van der Waals surface area contributed by atoms with Gasteiger partial charge in [-0.15, -0.1) is 0 Å². The zero-order valence-electron chi connectivity index (χ0n) is 11.4. The molecule has 0 aliphatic heterocycles. The van der Waals surface area contributed by atoms with E-state index in [-0.39, 0.29) is 5.91 Å². The van der Waals surface area contributed by atoms with Gasteiger partial charge in [0, 0.05) is 30.2 Å². The first kappa shape index (κ1) is 14.0. The van der Waals surface area contributed by atoms with Crippen LogP contribution in [-0.2, 0) is 4.79 Å². The standard InChI is InChI=1S/C15H17N3O2/c1-12-10-13(6-8-17-12)18-15(19)5-3-9-20-14-4-2-7-16-11-14/h2,4,6-8,10-11H,3,5,9H2,1H3,(H,17,18,19). The fraction of sp³-hybridized carbons (Fsp3) is 0.267. The number of aromatic nitrogens is 2. The second kappa shape index (κ2) is 7.23. The lowest BCUT2D eigenvalue weighted by Gasteiger charge is -2.07. The van der Waals surface area contributed by atoms with Crippen LogP contribution >= 0.6 is 0 Å². The summed E-state index contributed by atoms with van der Waals surface area (Å²) in [6, 6.07) is 7.27. The van der Waals surface area contributed by atoms with E-state index in [0.717, 1.165) is 17.1 Å². The number of hydrogen-bond acceptors (Lipinski definition) is 4. The molecule has 0 atom stereocenters. The topological polar surface area (TPSA) is 64.1 Å². The molecule has 0 bridgehead atoms. The van der Waals surface area contributed by atoms with Crippen molar-refractivity contribution in [1.82, 2.24) is 9.97 Å². The van der Waals surface area contributed by atoms with E-state index in [9.17, 15) is 4.79 Å². The molecule has 2 aromatic heterocycles. The van der Waals surface area contributed by atoms with Crippen LogP contribution in [0.3, 0.4) is 0 Å². The summed E-state index contributed by atoms with van der Waals surface area (Å²) in [6.45, 7) is 2.38. The number of anilines is 1. The van der Waals surface area contributed by atoms with E-state index in [1.165, 1.54) is 0 Å². The Bertz CT molecular complexity index is 558. The van der Waals surface area contributed by atoms with Crippen molar-refractivity contribution in [3.63, 3.8) is 0 Å². The number of carbonyl (C=O) groups is 1. The Morgan fingerprint density at radius 1 is 1.35 bits per heavy atom. The van der Waals surface area contributed by atoms with E-state index in [2.05, 4.69) is 15.3 Å². The Balaban J connectivity index is 1.68. The molecule has 0 saturated heterocycles. The number of nitrogens with one attached hydrogen (secondary N) is 1. The number of ether oxygens (including phenoxy) is 1. The maximum Gasteiger partial charge on any atom is 0.224 e. The minimum Gasteiger partial charge on any atom is -0.492 e. The van der Waals surface area contributed by atoms with E-state index in [1.54, 1.807) is 24.7 Å². The van der Waals surface area contributed by atoms with Gasteiger partial charge in [-0.1, -0.05) is 0 Å². The van der Waals surface area contributed by atoms with E-state index in [0.29, 0.717) is 19.4 Å². The lowest BCUT2D eigenvalue weighted by atomic mass is 10.3. The highest BCUT2D eigenvalue weighted by molar-refractivity contribution is 5.90. The van der Waals surface area contributed by atoms with Crippen LogP contribution < -0.4 is 10.1 Å². The Morgan fingerprint density at radius 2 is 2.25 bits per heavy atom. The first-order chi connectivity index (χ1) is 9.74. The Hall–Kier alpha value is -2.43. The second-order valence-corrected chi connectivity index (χ2v) is 4.37. The Labute approximate surface area is 118 Å². The van der Waals surface area contributed by atoms with Crippen molar-refractivity contribution in [2.24, 2.45) is 0 Å². The number of hydrogen-bond donors (Lipinski definition) is 1. The molecule has 0 aliphatic rings. The van der Waals surface area contributed by atoms with Crippen LogP contribution in [0.25, 0.3) is 0 Å². The zero-order chi connectivity index (χ0) is 14.2. The highest BCUT2D eigenvalue weighted by atomic mass is 16.5. The minimum atomic E-state index is -0.0228. The third-order valence-corrected chi connectivity index (χ3v) is 2.63. The molecule has 1 amide bonds. The van der Waals surface area contributed by atoms with Crippen molar-refractivity contribution in [3.05, 3.63) is 48.5 Å². The van der Waals surface area contributed by atoms with E-state index < -0.39 is 0 Å². The summed E-state index contributed by atoms with van der Waals surface area (Å²) in [4.78, 5) is 19.8. The molecule has 2 aromatic rings. The Morgan fingerprint density at radius 3 is 3.00 bits per heavy atom. The molecule has 20 heavy (non-hydrogen) atoms. The lowest BCUT2D eigenvalue weighted by molar-refractivity contribution is -0.116. The first-order valence-electron chi connectivity index (χ1n) is 6.49. The van der Waals surface area contributed by atoms with Gasteiger partial charge in [-0.3, -0.25) is 14.8 Å². The number of amides is 1. The lowest BCUT2D eigenvalue weighted by Crippen LogP contribution is -2.13. The number of carbonyl (C=O) groups excluding carboxylic acids is 1. The van der Waals surface area contributed by atoms with Gasteiger partial charge in [0.05, 0.1) is 12.8 Å². The van der Waals surface area contributed by atoms with Crippen LogP contribution in [0, 0.1) is 6.92 Å². The predicted molar refractivity (Wildman–Crippen MR) is 76.6 cm³/mol. The molecule has 104 valence electrons. The van der Waals surface area contributed by atoms with Gasteiger partial charge in [0.1, 0.15) is 5.75 Å². The number of nitrogens with zero attached hydrogens (tertiary/aromatic N) is 2. The summed E-state index contributed by atoms with van der Waals surface area (Å²) >= 11 is 0. The van der Waals surface area contributed by atoms with Gasteiger partial charge < -0.3 is 10.1 Å². The van der Waals surface area contributed by atoms with Crippen molar-refractivity contribution >= 4 is 11.6 Å². The zero-order valence-corrected chi connectivity index (χ0v) is 11.4. The maximum atomic E-state index is 11.7. The molecule has 0 spiro atoms. The van der Waals surface area contributed by atoms with Crippen molar-refractivity contribution < 1.29 is 9.53 Å². The quantitative estimate of drug-likeness (QED) is 0.820. The van der Waals surface area contributed by atoms with Crippen molar-refractivity contribution in [1.29, 1.82) is 0 Å². The van der Waals surface area contributed by atoms with Crippen molar-refractivity contribution in [3.8, 4) is 5.75 Å². The molecule has 5 nitrogen and oxygen atoms in total. The van der Waals surface area contributed by atoms with Gasteiger partial charge in [0.2, 0.25) is 5.91 Å². The largest absolute Gasteiger partial charge is 0.492 e. The molecular formula is C15H17N3O2. The molecule has 5 heteroatoms. The van der Waals surface area contributed by atoms with Crippen LogP contribution in [0.2, 0.25) is 0 Å². The third kappa shape index (κ3) is 4.68. The predicted octanol–water partition coefficient (Wildman–Crippen LogP) is 2.58. The summed E-state index contributed by atoms with van der Waals surface area (Å²) < 4.78 is 5.47. The van der Waals surface area contributed by atoms with Crippen LogP contribution in [0.4, 0.5) is 5.69 Å². The molecule has 1 N–H and O–H groups in total. The van der Waals surface area contributed by atoms with Gasteiger partial charge in [0.25, 0.3) is 0 Å². The molecule has 0 aliphatic carbocycles. The summed E-state index contributed by atoms with van der Waals surface area (Å²) in [5, 5.41) is 2.83. The van der Waals surface area contributed by atoms with Gasteiger partial charge in [-0.2, -0.15) is 0 Å². The average molecular weight is 271 g/mol. The monoisotopic (exact) mass is 271 g/mol. The fourth-order valence-corrected chi connectivity index (χ4v) is 1.70. The van der Waals surface area contributed by atoms with Crippen LogP contribution in [0.15, 0.2) is 42.9 Å². The van der Waals surface area contributed by atoms with E-state index >= 15 is 0 Å². The summed E-state index contributed by atoms with van der Waals surface area (Å²) in [7, 11) is 0. The van der Waals surface area contributed by atoms with Crippen LogP contribution in [-0.4, -0.2) is 22.5 Å². The molecule has 0 saturated carbocycles. The molecule has 2 heterocycles. The summed E-state index contributed by atoms with van der Waals surface area (Å²) in [6.07, 6.45) is 6.10.